The van der Waals surface area contributed by atoms with Gasteiger partial charge in [0.2, 0.25) is 0 Å². The maximum atomic E-state index is 11.4. The van der Waals surface area contributed by atoms with Gasteiger partial charge in [-0.1, -0.05) is 36.4 Å². The molecule has 3 N–H and O–H groups in total. The van der Waals surface area contributed by atoms with Crippen molar-refractivity contribution in [1.82, 2.24) is 0 Å². The zero-order valence-corrected chi connectivity index (χ0v) is 11.7. The molecule has 1 heterocycles. The number of nitrogens with two attached hydrogens (primary N) is 1. The van der Waals surface area contributed by atoms with Crippen LogP contribution in [0.3, 0.4) is 0 Å². The number of aryl methyl sites for hydroxylation is 1. The second-order valence-corrected chi connectivity index (χ2v) is 4.62. The Balaban J connectivity index is 0.000000425. The fourth-order valence-corrected chi connectivity index (χ4v) is 2.05. The SMILES string of the molecule is C/C=C1\C(=O)Nc2cc(C)ccc21.Nc1ccccc1.[HH].[HH]. The van der Waals surface area contributed by atoms with Gasteiger partial charge in [-0.25, -0.2) is 0 Å². The highest BCUT2D eigenvalue weighted by atomic mass is 16.1. The third kappa shape index (κ3) is 3.06. The van der Waals surface area contributed by atoms with Crippen LogP contribution >= 0.6 is 0 Å². The van der Waals surface area contributed by atoms with Gasteiger partial charge in [0.05, 0.1) is 0 Å². The summed E-state index contributed by atoms with van der Waals surface area (Å²) in [6.45, 7) is 3.89. The van der Waals surface area contributed by atoms with Gasteiger partial charge >= 0.3 is 0 Å². The number of nitrogen functional groups attached to an aromatic ring is 1. The molecule has 0 aliphatic carbocycles. The predicted molar refractivity (Wildman–Crippen MR) is 88.5 cm³/mol. The molecule has 3 heteroatoms. The normalized spacial score (nSPS) is 14.3. The summed E-state index contributed by atoms with van der Waals surface area (Å²) in [5.41, 5.74) is 10.1. The molecule has 0 saturated heterocycles. The molecule has 20 heavy (non-hydrogen) atoms. The highest BCUT2D eigenvalue weighted by Gasteiger charge is 2.22. The van der Waals surface area contributed by atoms with Crippen molar-refractivity contribution in [2.75, 3.05) is 11.1 Å². The number of nitrogens with one attached hydrogen (secondary N) is 1. The lowest BCUT2D eigenvalue weighted by Crippen LogP contribution is -2.03. The molecule has 0 aromatic heterocycles. The molecule has 2 aromatic rings. The Hall–Kier alpha value is -2.55. The highest BCUT2D eigenvalue weighted by molar-refractivity contribution is 6.31. The summed E-state index contributed by atoms with van der Waals surface area (Å²) in [5.74, 6) is 0.00287. The third-order valence-corrected chi connectivity index (χ3v) is 3.05. The predicted octanol–water partition coefficient (Wildman–Crippen LogP) is 4.11. The van der Waals surface area contributed by atoms with Gasteiger partial charge in [0.15, 0.2) is 0 Å². The number of carbonyl (C=O) groups is 1. The van der Waals surface area contributed by atoms with Crippen molar-refractivity contribution in [3.63, 3.8) is 0 Å². The molecule has 0 fully saturated rings. The molecule has 0 radical (unpaired) electrons. The van der Waals surface area contributed by atoms with Crippen molar-refractivity contribution in [1.29, 1.82) is 0 Å². The first-order chi connectivity index (χ1) is 9.61. The maximum Gasteiger partial charge on any atom is 0.256 e. The molecule has 0 spiro atoms. The van der Waals surface area contributed by atoms with Gasteiger partial charge < -0.3 is 11.1 Å². The van der Waals surface area contributed by atoms with E-state index in [1.807, 2.05) is 68.5 Å². The van der Waals surface area contributed by atoms with Crippen molar-refractivity contribution in [2.24, 2.45) is 0 Å². The van der Waals surface area contributed by atoms with Crippen molar-refractivity contribution >= 4 is 22.9 Å². The van der Waals surface area contributed by atoms with Crippen LogP contribution in [0.15, 0.2) is 54.6 Å². The molecule has 3 nitrogen and oxygen atoms in total. The molecule has 1 amide bonds. The van der Waals surface area contributed by atoms with Crippen molar-refractivity contribution in [3.8, 4) is 0 Å². The smallest absolute Gasteiger partial charge is 0.256 e. The van der Waals surface area contributed by atoms with Crippen LogP contribution in [0.25, 0.3) is 5.57 Å². The molecule has 106 valence electrons. The zero-order valence-electron chi connectivity index (χ0n) is 11.7. The molecule has 0 atom stereocenters. The average molecular weight is 270 g/mol. The lowest BCUT2D eigenvalue weighted by Gasteiger charge is -1.98. The summed E-state index contributed by atoms with van der Waals surface area (Å²) in [4.78, 5) is 11.4. The topological polar surface area (TPSA) is 55.1 Å². The number of benzene rings is 2. The molecule has 0 bridgehead atoms. The molecule has 3 rings (SSSR count). The van der Waals surface area contributed by atoms with Gasteiger partial charge in [-0.15, -0.1) is 0 Å². The van der Waals surface area contributed by atoms with E-state index < -0.39 is 0 Å². The fraction of sp³-hybridized carbons (Fsp3) is 0.118. The van der Waals surface area contributed by atoms with Gasteiger partial charge in [-0.2, -0.15) is 0 Å². The molecule has 0 saturated carbocycles. The number of fused-ring (bicyclic) bond motifs is 1. The van der Waals surface area contributed by atoms with E-state index in [9.17, 15) is 4.79 Å². The molecule has 2 aromatic carbocycles. The van der Waals surface area contributed by atoms with Crippen molar-refractivity contribution in [3.05, 3.63) is 65.7 Å². The average Bonchev–Trinajstić information content (AvgIpc) is 2.74. The van der Waals surface area contributed by atoms with Crippen LogP contribution in [0.1, 0.15) is 20.9 Å². The largest absolute Gasteiger partial charge is 0.399 e. The van der Waals surface area contributed by atoms with E-state index in [0.717, 1.165) is 28.1 Å². The van der Waals surface area contributed by atoms with E-state index in [0.29, 0.717) is 0 Å². The molecule has 1 aliphatic heterocycles. The molecule has 0 unspecified atom stereocenters. The third-order valence-electron chi connectivity index (χ3n) is 3.05. The summed E-state index contributed by atoms with van der Waals surface area (Å²) in [6, 6.07) is 15.5. The second-order valence-electron chi connectivity index (χ2n) is 4.62. The maximum absolute atomic E-state index is 11.4. The van der Waals surface area contributed by atoms with E-state index in [1.165, 1.54) is 0 Å². The van der Waals surface area contributed by atoms with Crippen LogP contribution in [-0.4, -0.2) is 5.91 Å². The first-order valence-corrected chi connectivity index (χ1v) is 6.51. The van der Waals surface area contributed by atoms with E-state index in [-0.39, 0.29) is 8.76 Å². The Kier molecular flexibility index (Phi) is 4.20. The van der Waals surface area contributed by atoms with Crippen LogP contribution in [0, 0.1) is 6.92 Å². The van der Waals surface area contributed by atoms with Gasteiger partial charge in [0, 0.05) is 25.4 Å². The summed E-state index contributed by atoms with van der Waals surface area (Å²) in [5, 5.41) is 2.83. The van der Waals surface area contributed by atoms with E-state index in [1.54, 1.807) is 0 Å². The second kappa shape index (κ2) is 6.06. The first-order valence-electron chi connectivity index (χ1n) is 6.51. The quantitative estimate of drug-likeness (QED) is 0.559. The minimum Gasteiger partial charge on any atom is -0.399 e. The minimum atomic E-state index is 0. The van der Waals surface area contributed by atoms with Gasteiger partial charge in [-0.05, 0) is 37.6 Å². The van der Waals surface area contributed by atoms with Gasteiger partial charge in [0.25, 0.3) is 5.91 Å². The number of carbonyl (C=O) groups excluding carboxylic acids is 1. The Morgan fingerprint density at radius 1 is 1.15 bits per heavy atom. The number of hydrogen-bond donors (Lipinski definition) is 2. The summed E-state index contributed by atoms with van der Waals surface area (Å²) < 4.78 is 0. The number of amides is 1. The van der Waals surface area contributed by atoms with Crippen LogP contribution in [0.2, 0.25) is 0 Å². The number of rotatable bonds is 0. The monoisotopic (exact) mass is 270 g/mol. The Labute approximate surface area is 122 Å². The summed E-state index contributed by atoms with van der Waals surface area (Å²) >= 11 is 0. The van der Waals surface area contributed by atoms with Crippen molar-refractivity contribution < 1.29 is 7.65 Å². The van der Waals surface area contributed by atoms with Gasteiger partial charge in [-0.3, -0.25) is 4.79 Å². The standard InChI is InChI=1S/C11H11NO.C6H7N.2H2/c1-3-8-9-5-4-7(2)6-10(9)12-11(8)13;7-6-4-2-1-3-5-6;;/h3-6H,1-2H3,(H,12,13);1-5H,7H2;2*1H/b8-3-;;;. The number of hydrogen-bond acceptors (Lipinski definition) is 2. The summed E-state index contributed by atoms with van der Waals surface area (Å²) in [6.07, 6.45) is 1.84. The van der Waals surface area contributed by atoms with Crippen LogP contribution < -0.4 is 11.1 Å². The van der Waals surface area contributed by atoms with E-state index >= 15 is 0 Å². The Morgan fingerprint density at radius 2 is 1.85 bits per heavy atom. The lowest BCUT2D eigenvalue weighted by molar-refractivity contribution is -0.110. The van der Waals surface area contributed by atoms with Crippen molar-refractivity contribution in [2.45, 2.75) is 13.8 Å². The number of para-hydroxylation sites is 1. The molecule has 1 aliphatic rings. The van der Waals surface area contributed by atoms with Crippen LogP contribution in [0.5, 0.6) is 0 Å². The van der Waals surface area contributed by atoms with Crippen LogP contribution in [-0.2, 0) is 4.79 Å². The summed E-state index contributed by atoms with van der Waals surface area (Å²) in [7, 11) is 0. The van der Waals surface area contributed by atoms with Crippen LogP contribution in [0.4, 0.5) is 11.4 Å². The lowest BCUT2D eigenvalue weighted by atomic mass is 10.1. The van der Waals surface area contributed by atoms with Gasteiger partial charge in [0.1, 0.15) is 0 Å². The number of allylic oxidation sites excluding steroid dienone is 1. The van der Waals surface area contributed by atoms with E-state index in [2.05, 4.69) is 5.32 Å². The first kappa shape index (κ1) is 13.9. The minimum absolute atomic E-state index is 0. The Bertz CT molecular complexity index is 655. The number of anilines is 2. The zero-order chi connectivity index (χ0) is 14.5. The fourth-order valence-electron chi connectivity index (χ4n) is 2.05. The highest BCUT2D eigenvalue weighted by Crippen LogP contribution is 2.31. The van der Waals surface area contributed by atoms with E-state index in [4.69, 9.17) is 5.73 Å². The molecular weight excluding hydrogens is 248 g/mol. The molecular formula is C17H22N2O. The Morgan fingerprint density at radius 3 is 2.40 bits per heavy atom.